The van der Waals surface area contributed by atoms with Crippen molar-refractivity contribution in [3.05, 3.63) is 48.5 Å². The predicted octanol–water partition coefficient (Wildman–Crippen LogP) is 4.36. The number of ether oxygens (including phenoxy) is 2. The Kier molecular flexibility index (Phi) is 14.0. The topological polar surface area (TPSA) is 18.5 Å². The first-order valence-electron chi connectivity index (χ1n) is 8.37. The van der Waals surface area contributed by atoms with Gasteiger partial charge in [0.1, 0.15) is 0 Å². The van der Waals surface area contributed by atoms with Crippen molar-refractivity contribution in [1.82, 2.24) is 0 Å². The Morgan fingerprint density at radius 2 is 1.23 bits per heavy atom. The molecule has 0 bridgehead atoms. The molecule has 0 heterocycles. The third-order valence-electron chi connectivity index (χ3n) is 2.49. The molecule has 0 saturated carbocycles. The molecule has 0 amide bonds. The maximum atomic E-state index is 9.75. The van der Waals surface area contributed by atoms with E-state index in [1.807, 2.05) is 26.0 Å². The normalized spacial score (nSPS) is 10.9. The Balaban J connectivity index is 0.000000702. The van der Waals surface area contributed by atoms with Crippen molar-refractivity contribution in [1.29, 1.82) is 0 Å². The fourth-order valence-corrected chi connectivity index (χ4v) is 8.06. The third-order valence-corrected chi connectivity index (χ3v) is 9.65. The van der Waals surface area contributed by atoms with Gasteiger partial charge in [-0.3, -0.25) is 0 Å². The first-order chi connectivity index (χ1) is 13.8. The molecule has 0 unspecified atom stereocenters. The first-order valence-corrected chi connectivity index (χ1v) is 14.4. The second-order valence-electron chi connectivity index (χ2n) is 4.94. The Labute approximate surface area is 180 Å². The van der Waals surface area contributed by atoms with Crippen molar-refractivity contribution in [2.24, 2.45) is 0 Å². The number of hydrogen-bond acceptors (Lipinski definition) is 2. The van der Waals surface area contributed by atoms with E-state index in [4.69, 9.17) is 9.47 Å². The van der Waals surface area contributed by atoms with Gasteiger partial charge in [-0.05, 0) is 0 Å². The number of halogens is 8. The van der Waals surface area contributed by atoms with E-state index in [9.17, 15) is 34.5 Å². The van der Waals surface area contributed by atoms with Crippen LogP contribution < -0.4 is 18.4 Å². The molecule has 14 heteroatoms. The zero-order chi connectivity index (χ0) is 23.2. The summed E-state index contributed by atoms with van der Waals surface area (Å²) in [5.74, 6) is 2.01. The van der Waals surface area contributed by atoms with Gasteiger partial charge in [-0.15, -0.1) is 0 Å². The molecule has 0 fully saturated rings. The van der Waals surface area contributed by atoms with Crippen LogP contribution in [0.1, 0.15) is 13.8 Å². The van der Waals surface area contributed by atoms with Gasteiger partial charge in [-0.2, -0.15) is 0 Å². The van der Waals surface area contributed by atoms with Crippen molar-refractivity contribution < 1.29 is 44.0 Å². The van der Waals surface area contributed by atoms with Crippen LogP contribution in [-0.4, -0.2) is 54.0 Å². The van der Waals surface area contributed by atoms with Gasteiger partial charge < -0.3 is 34.5 Å². The quantitative estimate of drug-likeness (QED) is 0.362. The minimum atomic E-state index is -6.00. The van der Waals surface area contributed by atoms with Gasteiger partial charge >= 0.3 is 146 Å². The third kappa shape index (κ3) is 18.7. The fraction of sp³-hybridized carbons (Fsp3) is 0.250. The number of benzene rings is 2. The van der Waals surface area contributed by atoms with E-state index in [-0.39, 0.29) is 0 Å². The van der Waals surface area contributed by atoms with Crippen LogP contribution in [0.5, 0.6) is 11.5 Å². The van der Waals surface area contributed by atoms with Crippen LogP contribution in [0.25, 0.3) is 0 Å². The van der Waals surface area contributed by atoms with Gasteiger partial charge in [-0.1, -0.05) is 0 Å². The van der Waals surface area contributed by atoms with Gasteiger partial charge in [0.15, 0.2) is 0 Å². The van der Waals surface area contributed by atoms with E-state index in [0.29, 0.717) is 26.3 Å². The molecule has 30 heavy (non-hydrogen) atoms. The van der Waals surface area contributed by atoms with Crippen LogP contribution in [0.2, 0.25) is 0 Å². The first kappa shape index (κ1) is 28.6. The summed E-state index contributed by atoms with van der Waals surface area (Å²) < 4.78 is 92.0. The predicted molar refractivity (Wildman–Crippen MR) is 106 cm³/mol. The van der Waals surface area contributed by atoms with E-state index in [2.05, 4.69) is 36.4 Å². The van der Waals surface area contributed by atoms with E-state index < -0.39 is 14.5 Å². The molecule has 0 saturated heterocycles. The number of hydrogen-bond donors (Lipinski definition) is 0. The van der Waals surface area contributed by atoms with Crippen LogP contribution >= 0.6 is 0 Å². The minimum absolute atomic E-state index is 0.434. The molecule has 0 aromatic heterocycles. The average Bonchev–Trinajstić information content (AvgIpc) is 2.59. The summed E-state index contributed by atoms with van der Waals surface area (Å²) in [4.78, 5) is 0. The molecular weight excluding hydrogens is 556 g/mol. The standard InChI is InChI=1S/C16H18O2Se2.2BF4/c1-3-17-13-8-7-9-14(12-13)19-20-16-11-6-5-10-15(16)18-4-2;2*2-1(3,4)5/h5-12H,3-4H2,1-2H3;;/q;2*-1. The van der Waals surface area contributed by atoms with Crippen molar-refractivity contribution in [3.8, 4) is 11.5 Å². The second kappa shape index (κ2) is 14.6. The monoisotopic (exact) mass is 576 g/mol. The van der Waals surface area contributed by atoms with Crippen molar-refractivity contribution in [2.45, 2.75) is 13.8 Å². The number of para-hydroxylation sites is 1. The summed E-state index contributed by atoms with van der Waals surface area (Å²) in [6, 6.07) is 16.8. The summed E-state index contributed by atoms with van der Waals surface area (Å²) >= 11 is 0.886. The molecule has 2 aromatic carbocycles. The minimum Gasteiger partial charge on any atom is -0.418 e. The van der Waals surface area contributed by atoms with E-state index in [0.717, 1.165) is 24.7 Å². The van der Waals surface area contributed by atoms with Gasteiger partial charge in [0.05, 0.1) is 0 Å². The van der Waals surface area contributed by atoms with Crippen LogP contribution in [0.4, 0.5) is 34.5 Å². The molecule has 0 aliphatic heterocycles. The Hall–Kier alpha value is -1.35. The molecule has 170 valence electrons. The Bertz CT molecular complexity index is 709. The van der Waals surface area contributed by atoms with Crippen LogP contribution in [-0.2, 0) is 0 Å². The molecule has 2 nitrogen and oxygen atoms in total. The molecule has 0 aliphatic rings. The largest absolute Gasteiger partial charge is 0.673 e. The Morgan fingerprint density at radius 3 is 1.77 bits per heavy atom. The van der Waals surface area contributed by atoms with Crippen molar-refractivity contribution >= 4 is 49.7 Å². The second-order valence-corrected chi connectivity index (χ2v) is 11.2. The Morgan fingerprint density at radius 1 is 0.700 bits per heavy atom. The SMILES string of the molecule is CCOc1cccc([Se][Se]c2ccccc2OCC)c1.F[B-](F)(F)F.F[B-](F)(F)F. The molecule has 0 atom stereocenters. The van der Waals surface area contributed by atoms with Crippen molar-refractivity contribution in [2.75, 3.05) is 13.2 Å². The summed E-state index contributed by atoms with van der Waals surface area (Å²) in [5.41, 5.74) is 0. The van der Waals surface area contributed by atoms with Crippen LogP contribution in [0, 0.1) is 0 Å². The summed E-state index contributed by atoms with van der Waals surface area (Å²) in [7, 11) is -12.0. The zero-order valence-corrected chi connectivity index (χ0v) is 19.3. The summed E-state index contributed by atoms with van der Waals surface area (Å²) in [6.45, 7) is 5.48. The van der Waals surface area contributed by atoms with Gasteiger partial charge in [0.2, 0.25) is 0 Å². The van der Waals surface area contributed by atoms with Crippen LogP contribution in [0.15, 0.2) is 48.5 Å². The molecule has 0 radical (unpaired) electrons. The molecule has 2 rings (SSSR count). The van der Waals surface area contributed by atoms with Gasteiger partial charge in [0.25, 0.3) is 0 Å². The summed E-state index contributed by atoms with van der Waals surface area (Å²) in [6.07, 6.45) is 0. The zero-order valence-electron chi connectivity index (χ0n) is 15.8. The molecule has 0 spiro atoms. The molecular formula is C16H18B2F8O2Se2-2. The molecule has 0 aliphatic carbocycles. The maximum Gasteiger partial charge on any atom is 0.673 e. The molecule has 0 N–H and O–H groups in total. The summed E-state index contributed by atoms with van der Waals surface area (Å²) in [5, 5.41) is 0. The van der Waals surface area contributed by atoms with Gasteiger partial charge in [-0.25, -0.2) is 0 Å². The van der Waals surface area contributed by atoms with E-state index in [1.165, 1.54) is 8.92 Å². The van der Waals surface area contributed by atoms with E-state index in [1.54, 1.807) is 0 Å². The fourth-order valence-electron chi connectivity index (χ4n) is 1.67. The number of rotatable bonds is 7. The van der Waals surface area contributed by atoms with Crippen molar-refractivity contribution in [3.63, 3.8) is 0 Å². The smallest absolute Gasteiger partial charge is 0.418 e. The molecule has 2 aromatic rings. The van der Waals surface area contributed by atoms with E-state index >= 15 is 0 Å². The van der Waals surface area contributed by atoms with Crippen LogP contribution in [0.3, 0.4) is 0 Å². The van der Waals surface area contributed by atoms with Gasteiger partial charge in [0, 0.05) is 0 Å². The average molecular weight is 574 g/mol. The maximum absolute atomic E-state index is 9.75.